The molecule has 0 aliphatic carbocycles. The van der Waals surface area contributed by atoms with E-state index in [1.165, 1.54) is 99.4 Å². The summed E-state index contributed by atoms with van der Waals surface area (Å²) >= 11 is 0. The molecule has 0 saturated heterocycles. The first-order valence-corrected chi connectivity index (χ1v) is 21.6. The maximum absolute atomic E-state index is 4.45. The minimum absolute atomic E-state index is 1.07. The van der Waals surface area contributed by atoms with Gasteiger partial charge in [0.1, 0.15) is 0 Å². The number of hydrogen-bond acceptors (Lipinski definition) is 0. The Morgan fingerprint density at radius 1 is 0.194 bits per heavy atom. The quantitative estimate of drug-likeness (QED) is 0.153. The Hall–Kier alpha value is -6.76. The van der Waals surface area contributed by atoms with Crippen molar-refractivity contribution in [1.29, 1.82) is 0 Å². The molecule has 0 saturated carbocycles. The van der Waals surface area contributed by atoms with Gasteiger partial charge in [0.15, 0.2) is 0 Å². The zero-order valence-corrected chi connectivity index (χ0v) is 38.7. The molecule has 9 rings (SSSR count). The lowest BCUT2D eigenvalue weighted by Gasteiger charge is -2.11. The van der Waals surface area contributed by atoms with Crippen LogP contribution in [0, 0.1) is 69.2 Å². The predicted molar refractivity (Wildman–Crippen MR) is 276 cm³/mol. The number of rotatable bonds is 2. The number of fused-ring (bicyclic) bond motifs is 2. The monoisotopic (exact) mass is 809 g/mol. The fourth-order valence-corrected chi connectivity index (χ4v) is 6.80. The zero-order valence-electron chi connectivity index (χ0n) is 38.7. The molecule has 0 aliphatic heterocycles. The van der Waals surface area contributed by atoms with Crippen molar-refractivity contribution in [1.82, 2.24) is 0 Å². The molecule has 0 heterocycles. The van der Waals surface area contributed by atoms with Crippen LogP contribution in [0.4, 0.5) is 0 Å². The molecule has 0 aromatic heterocycles. The molecular weight excluding hydrogens is 745 g/mol. The third kappa shape index (κ3) is 13.6. The van der Waals surface area contributed by atoms with Crippen LogP contribution < -0.4 is 10.4 Å². The van der Waals surface area contributed by atoms with E-state index in [1.807, 2.05) is 0 Å². The molecule has 9 aromatic carbocycles. The zero-order chi connectivity index (χ0) is 44.8. The van der Waals surface area contributed by atoms with E-state index in [4.69, 9.17) is 0 Å². The van der Waals surface area contributed by atoms with E-state index in [-0.39, 0.29) is 0 Å². The normalized spacial score (nSPS) is 10.2. The molecule has 9 aromatic rings. The smallest absolute Gasteiger partial charge is 0.00990 e. The summed E-state index contributed by atoms with van der Waals surface area (Å²) in [5.74, 6) is 0. The Kier molecular flexibility index (Phi) is 16.6. The van der Waals surface area contributed by atoms with Crippen LogP contribution in [0.25, 0.3) is 57.0 Å². The van der Waals surface area contributed by atoms with E-state index in [0.717, 1.165) is 10.4 Å². The second-order valence-electron chi connectivity index (χ2n) is 16.8. The molecular formula is C62H64. The SMILES string of the molecule is C=c1c2ccc(-c3ccc(C)cc3)cc2c(=C)c2ccc(-c3ccc(C)cc3)cc12.Cc1ccc(C)cc1.Cc1ccc(C)cc1.Cc1ccc(C)cc1.Cc1ccc(C)cc1. The molecule has 0 fully saturated rings. The lowest BCUT2D eigenvalue weighted by atomic mass is 9.93. The summed E-state index contributed by atoms with van der Waals surface area (Å²) in [5.41, 5.74) is 18.0. The highest BCUT2D eigenvalue weighted by atomic mass is 14.1. The fourth-order valence-electron chi connectivity index (χ4n) is 6.80. The predicted octanol–water partition coefficient (Wildman–Crippen LogP) is 16.0. The highest BCUT2D eigenvalue weighted by Gasteiger charge is 2.08. The van der Waals surface area contributed by atoms with Gasteiger partial charge >= 0.3 is 0 Å². The summed E-state index contributed by atoms with van der Waals surface area (Å²) in [5, 5.41) is 6.82. The molecule has 0 heteroatoms. The van der Waals surface area contributed by atoms with E-state index >= 15 is 0 Å². The van der Waals surface area contributed by atoms with Crippen LogP contribution >= 0.6 is 0 Å². The van der Waals surface area contributed by atoms with Gasteiger partial charge in [-0.15, -0.1) is 0 Å². The highest BCUT2D eigenvalue weighted by molar-refractivity contribution is 6.02. The molecule has 0 N–H and O–H groups in total. The number of aryl methyl sites for hydroxylation is 10. The van der Waals surface area contributed by atoms with Crippen molar-refractivity contribution in [2.75, 3.05) is 0 Å². The Labute approximate surface area is 372 Å². The molecule has 0 radical (unpaired) electrons. The third-order valence-corrected chi connectivity index (χ3v) is 11.0. The summed E-state index contributed by atoms with van der Waals surface area (Å²) in [6.45, 7) is 29.9. The topological polar surface area (TPSA) is 0 Å². The van der Waals surface area contributed by atoms with E-state index < -0.39 is 0 Å². The molecule has 62 heavy (non-hydrogen) atoms. The van der Waals surface area contributed by atoms with Gasteiger partial charge in [0.05, 0.1) is 0 Å². The number of hydrogen-bond donors (Lipinski definition) is 0. The summed E-state index contributed by atoms with van der Waals surface area (Å²) in [4.78, 5) is 0. The van der Waals surface area contributed by atoms with Gasteiger partial charge in [-0.2, -0.15) is 0 Å². The first-order chi connectivity index (χ1) is 29.7. The minimum atomic E-state index is 1.07. The highest BCUT2D eigenvalue weighted by Crippen LogP contribution is 2.26. The molecule has 0 unspecified atom stereocenters. The largest absolute Gasteiger partial charge is 0.0905 e. The van der Waals surface area contributed by atoms with Gasteiger partial charge in [-0.3, -0.25) is 0 Å². The first-order valence-electron chi connectivity index (χ1n) is 21.6. The van der Waals surface area contributed by atoms with Gasteiger partial charge in [-0.1, -0.05) is 239 Å². The summed E-state index contributed by atoms with van der Waals surface area (Å²) in [7, 11) is 0. The van der Waals surface area contributed by atoms with E-state index in [0.29, 0.717) is 0 Å². The van der Waals surface area contributed by atoms with E-state index in [9.17, 15) is 0 Å². The van der Waals surface area contributed by atoms with Gasteiger partial charge in [0.2, 0.25) is 0 Å². The van der Waals surface area contributed by atoms with Gasteiger partial charge in [-0.05, 0) is 136 Å². The van der Waals surface area contributed by atoms with Crippen LogP contribution in [0.5, 0.6) is 0 Å². The van der Waals surface area contributed by atoms with Crippen LogP contribution in [0.2, 0.25) is 0 Å². The first kappa shape index (κ1) is 46.3. The van der Waals surface area contributed by atoms with Crippen molar-refractivity contribution in [3.63, 3.8) is 0 Å². The van der Waals surface area contributed by atoms with Crippen molar-refractivity contribution in [2.45, 2.75) is 69.2 Å². The second kappa shape index (κ2) is 22.2. The molecule has 0 aliphatic rings. The number of benzene rings is 9. The molecule has 0 nitrogen and oxygen atoms in total. The lowest BCUT2D eigenvalue weighted by molar-refractivity contribution is 1.40. The van der Waals surface area contributed by atoms with Gasteiger partial charge in [0.25, 0.3) is 0 Å². The van der Waals surface area contributed by atoms with Gasteiger partial charge in [0, 0.05) is 0 Å². The van der Waals surface area contributed by atoms with Crippen LogP contribution in [0.15, 0.2) is 182 Å². The summed E-state index contributed by atoms with van der Waals surface area (Å²) in [6.07, 6.45) is 0. The Bertz CT molecular complexity index is 2520. The third-order valence-electron chi connectivity index (χ3n) is 11.0. The molecule has 0 spiro atoms. The van der Waals surface area contributed by atoms with Crippen molar-refractivity contribution in [2.24, 2.45) is 0 Å². The molecule has 312 valence electrons. The molecule has 0 bridgehead atoms. The average molecular weight is 809 g/mol. The van der Waals surface area contributed by atoms with Crippen molar-refractivity contribution in [3.8, 4) is 22.3 Å². The Morgan fingerprint density at radius 2 is 0.355 bits per heavy atom. The van der Waals surface area contributed by atoms with Crippen molar-refractivity contribution < 1.29 is 0 Å². The average Bonchev–Trinajstić information content (AvgIpc) is 3.28. The van der Waals surface area contributed by atoms with Crippen molar-refractivity contribution >= 4 is 34.7 Å². The molecule has 0 amide bonds. The lowest BCUT2D eigenvalue weighted by Crippen LogP contribution is -2.12. The van der Waals surface area contributed by atoms with Gasteiger partial charge < -0.3 is 0 Å². The fraction of sp³-hybridized carbons (Fsp3) is 0.161. The Balaban J connectivity index is 0.000000182. The van der Waals surface area contributed by atoms with E-state index in [2.05, 4.69) is 264 Å². The standard InChI is InChI=1S/C30H24.4C8H10/c1-19-5-9-23(10-6-19)25-13-15-27-22(4)30-18-26(24-11-7-20(2)8-12-24)14-16-28(30)21(3)29(27)17-25;4*1-7-3-5-8(2)6-4-7/h5-18H,3-4H2,1-2H3;4*3-6H,1-2H3. The van der Waals surface area contributed by atoms with Crippen LogP contribution in [0.1, 0.15) is 55.6 Å². The maximum atomic E-state index is 4.45. The summed E-state index contributed by atoms with van der Waals surface area (Å²) < 4.78 is 0. The molecule has 0 atom stereocenters. The van der Waals surface area contributed by atoms with Gasteiger partial charge in [-0.25, -0.2) is 0 Å². The second-order valence-corrected chi connectivity index (χ2v) is 16.8. The van der Waals surface area contributed by atoms with Crippen LogP contribution in [-0.4, -0.2) is 0 Å². The van der Waals surface area contributed by atoms with E-state index in [1.54, 1.807) is 0 Å². The van der Waals surface area contributed by atoms with Crippen LogP contribution in [-0.2, 0) is 0 Å². The van der Waals surface area contributed by atoms with Crippen molar-refractivity contribution in [3.05, 3.63) is 248 Å². The Morgan fingerprint density at radius 3 is 0.548 bits per heavy atom. The minimum Gasteiger partial charge on any atom is -0.0905 e. The van der Waals surface area contributed by atoms with Crippen LogP contribution in [0.3, 0.4) is 0 Å². The maximum Gasteiger partial charge on any atom is -0.00990 e. The summed E-state index contributed by atoms with van der Waals surface area (Å²) in [6, 6.07) is 64.6.